The Kier molecular flexibility index (Phi) is 4.81. The summed E-state index contributed by atoms with van der Waals surface area (Å²) in [7, 11) is 0. The van der Waals surface area contributed by atoms with Crippen LogP contribution in [0.3, 0.4) is 0 Å². The lowest BCUT2D eigenvalue weighted by atomic mass is 10.2. The van der Waals surface area contributed by atoms with Crippen molar-refractivity contribution in [3.8, 4) is 5.75 Å². The number of nitrogens with zero attached hydrogens (tertiary/aromatic N) is 4. The van der Waals surface area contributed by atoms with E-state index in [1.807, 2.05) is 19.2 Å². The van der Waals surface area contributed by atoms with E-state index < -0.39 is 0 Å². The molecule has 0 aliphatic rings. The van der Waals surface area contributed by atoms with Gasteiger partial charge >= 0.3 is 0 Å². The van der Waals surface area contributed by atoms with Crippen molar-refractivity contribution in [2.45, 2.75) is 12.1 Å². The zero-order chi connectivity index (χ0) is 13.7. The molecule has 0 amide bonds. The fraction of sp³-hybridized carbons (Fsp3) is 0.250. The van der Waals surface area contributed by atoms with Gasteiger partial charge in [-0.1, -0.05) is 23.4 Å². The first-order valence-corrected chi connectivity index (χ1v) is 7.25. The van der Waals surface area contributed by atoms with Crippen molar-refractivity contribution in [3.05, 3.63) is 35.1 Å². The number of thioether (sulfide) groups is 1. The summed E-state index contributed by atoms with van der Waals surface area (Å²) in [5.74, 6) is 0.745. The maximum Gasteiger partial charge on any atom is 0.211 e. The Hall–Kier alpha value is -1.53. The predicted octanol–water partition coefficient (Wildman–Crippen LogP) is 2.93. The average Bonchev–Trinajstić information content (AvgIpc) is 2.86. The van der Waals surface area contributed by atoms with Gasteiger partial charge in [0.25, 0.3) is 0 Å². The maximum absolute atomic E-state index is 5.98. The minimum absolute atomic E-state index is 0.588. The van der Waals surface area contributed by atoms with E-state index >= 15 is 0 Å². The standard InChI is InChI=1S/C12H13ClN4OS/c1-3-18-11-5-4-10(13)6-9(11)7-15-17-8-14-16-12(17)19-2/h4-8H,3H2,1-2H3/b15-7-. The van der Waals surface area contributed by atoms with E-state index in [9.17, 15) is 0 Å². The zero-order valence-electron chi connectivity index (χ0n) is 10.6. The molecule has 0 fully saturated rings. The Morgan fingerprint density at radius 2 is 2.37 bits per heavy atom. The van der Waals surface area contributed by atoms with Crippen molar-refractivity contribution >= 4 is 29.6 Å². The van der Waals surface area contributed by atoms with Crippen LogP contribution in [0.2, 0.25) is 5.02 Å². The van der Waals surface area contributed by atoms with Gasteiger partial charge < -0.3 is 4.74 Å². The van der Waals surface area contributed by atoms with Crippen molar-refractivity contribution in [1.29, 1.82) is 0 Å². The highest BCUT2D eigenvalue weighted by atomic mass is 35.5. The molecule has 5 nitrogen and oxygen atoms in total. The Balaban J connectivity index is 2.29. The quantitative estimate of drug-likeness (QED) is 0.629. The monoisotopic (exact) mass is 296 g/mol. The van der Waals surface area contributed by atoms with Gasteiger partial charge in [-0.3, -0.25) is 0 Å². The molecule has 0 saturated heterocycles. The van der Waals surface area contributed by atoms with Gasteiger partial charge in [0.2, 0.25) is 5.16 Å². The Bertz CT molecular complexity index is 585. The van der Waals surface area contributed by atoms with Gasteiger partial charge in [-0.25, -0.2) is 0 Å². The summed E-state index contributed by atoms with van der Waals surface area (Å²) in [5.41, 5.74) is 0.815. The summed E-state index contributed by atoms with van der Waals surface area (Å²) in [6.07, 6.45) is 5.15. The second-order valence-corrected chi connectivity index (χ2v) is 4.73. The minimum atomic E-state index is 0.588. The Morgan fingerprint density at radius 1 is 1.53 bits per heavy atom. The molecule has 0 N–H and O–H groups in total. The lowest BCUT2D eigenvalue weighted by molar-refractivity contribution is 0.340. The van der Waals surface area contributed by atoms with Crippen LogP contribution in [0.15, 0.2) is 34.8 Å². The highest BCUT2D eigenvalue weighted by Crippen LogP contribution is 2.21. The molecule has 0 bridgehead atoms. The van der Waals surface area contributed by atoms with E-state index in [0.29, 0.717) is 11.6 Å². The first-order valence-electron chi connectivity index (χ1n) is 5.65. The first-order chi connectivity index (χ1) is 9.24. The third-order valence-electron chi connectivity index (χ3n) is 2.28. The zero-order valence-corrected chi connectivity index (χ0v) is 12.1. The summed E-state index contributed by atoms with van der Waals surface area (Å²) < 4.78 is 7.12. The molecule has 100 valence electrons. The molecule has 2 rings (SSSR count). The van der Waals surface area contributed by atoms with Crippen molar-refractivity contribution in [3.63, 3.8) is 0 Å². The Morgan fingerprint density at radius 3 is 3.11 bits per heavy atom. The third-order valence-corrected chi connectivity index (χ3v) is 3.14. The van der Waals surface area contributed by atoms with Gasteiger partial charge in [0, 0.05) is 10.6 Å². The van der Waals surface area contributed by atoms with E-state index in [-0.39, 0.29) is 0 Å². The van der Waals surface area contributed by atoms with E-state index in [2.05, 4.69) is 15.3 Å². The number of halogens is 1. The normalized spacial score (nSPS) is 11.1. The maximum atomic E-state index is 5.98. The highest BCUT2D eigenvalue weighted by Gasteiger charge is 2.03. The van der Waals surface area contributed by atoms with Crippen molar-refractivity contribution in [2.24, 2.45) is 5.10 Å². The van der Waals surface area contributed by atoms with Crippen LogP contribution >= 0.6 is 23.4 Å². The number of aromatic nitrogens is 3. The first kappa shape index (κ1) is 13.9. The van der Waals surface area contributed by atoms with Crippen LogP contribution in [-0.4, -0.2) is 34.0 Å². The van der Waals surface area contributed by atoms with Gasteiger partial charge in [0.15, 0.2) is 0 Å². The average molecular weight is 297 g/mol. The largest absolute Gasteiger partial charge is 0.493 e. The molecule has 0 atom stereocenters. The second-order valence-electron chi connectivity index (χ2n) is 3.52. The van der Waals surface area contributed by atoms with Crippen molar-refractivity contribution in [1.82, 2.24) is 14.9 Å². The molecular weight excluding hydrogens is 284 g/mol. The Labute approximate surface area is 120 Å². The lowest BCUT2D eigenvalue weighted by Crippen LogP contribution is -1.97. The van der Waals surface area contributed by atoms with Gasteiger partial charge in [-0.15, -0.1) is 10.2 Å². The van der Waals surface area contributed by atoms with Crippen molar-refractivity contribution < 1.29 is 4.74 Å². The van der Waals surface area contributed by atoms with Crippen LogP contribution in [0.4, 0.5) is 0 Å². The second kappa shape index (κ2) is 6.58. The smallest absolute Gasteiger partial charge is 0.211 e. The predicted molar refractivity (Wildman–Crippen MR) is 77.4 cm³/mol. The van der Waals surface area contributed by atoms with Crippen LogP contribution in [0.25, 0.3) is 0 Å². The number of ether oxygens (including phenoxy) is 1. The fourth-order valence-electron chi connectivity index (χ4n) is 1.46. The van der Waals surface area contributed by atoms with Crippen LogP contribution in [0, 0.1) is 0 Å². The molecule has 0 radical (unpaired) electrons. The summed E-state index contributed by atoms with van der Waals surface area (Å²) in [6, 6.07) is 5.42. The van der Waals surface area contributed by atoms with E-state index in [0.717, 1.165) is 16.5 Å². The number of rotatable bonds is 5. The molecule has 0 aliphatic heterocycles. The lowest BCUT2D eigenvalue weighted by Gasteiger charge is -2.06. The summed E-state index contributed by atoms with van der Waals surface area (Å²) in [6.45, 7) is 2.52. The molecule has 2 aromatic rings. The summed E-state index contributed by atoms with van der Waals surface area (Å²) in [5, 5.41) is 13.4. The highest BCUT2D eigenvalue weighted by molar-refractivity contribution is 7.98. The van der Waals surface area contributed by atoms with E-state index in [1.54, 1.807) is 29.4 Å². The number of hydrogen-bond donors (Lipinski definition) is 0. The molecule has 1 heterocycles. The van der Waals surface area contributed by atoms with Gasteiger partial charge in [0.05, 0.1) is 12.8 Å². The number of benzene rings is 1. The van der Waals surface area contributed by atoms with Gasteiger partial charge in [-0.2, -0.15) is 9.78 Å². The van der Waals surface area contributed by atoms with Crippen LogP contribution in [0.1, 0.15) is 12.5 Å². The molecular formula is C12H13ClN4OS. The molecule has 0 unspecified atom stereocenters. The molecule has 1 aromatic heterocycles. The summed E-state index contributed by atoms with van der Waals surface area (Å²) in [4.78, 5) is 0. The topological polar surface area (TPSA) is 52.3 Å². The third kappa shape index (κ3) is 3.48. The SMILES string of the molecule is CCOc1ccc(Cl)cc1/C=N\n1cnnc1SC. The fourth-order valence-corrected chi connectivity index (χ4v) is 2.06. The minimum Gasteiger partial charge on any atom is -0.493 e. The molecule has 0 aliphatic carbocycles. The number of hydrogen-bond acceptors (Lipinski definition) is 5. The van der Waals surface area contributed by atoms with Gasteiger partial charge in [-0.05, 0) is 31.4 Å². The molecule has 19 heavy (non-hydrogen) atoms. The van der Waals surface area contributed by atoms with Gasteiger partial charge in [0.1, 0.15) is 12.1 Å². The van der Waals surface area contributed by atoms with Crippen LogP contribution in [-0.2, 0) is 0 Å². The van der Waals surface area contributed by atoms with E-state index in [4.69, 9.17) is 16.3 Å². The molecule has 0 saturated carbocycles. The van der Waals surface area contributed by atoms with E-state index in [1.165, 1.54) is 11.8 Å². The molecule has 7 heteroatoms. The van der Waals surface area contributed by atoms with Crippen LogP contribution in [0.5, 0.6) is 5.75 Å². The summed E-state index contributed by atoms with van der Waals surface area (Å²) >= 11 is 7.46. The van der Waals surface area contributed by atoms with Crippen LogP contribution < -0.4 is 4.74 Å². The molecule has 0 spiro atoms. The molecule has 1 aromatic carbocycles. The van der Waals surface area contributed by atoms with Crippen molar-refractivity contribution in [2.75, 3.05) is 12.9 Å².